The summed E-state index contributed by atoms with van der Waals surface area (Å²) in [4.78, 5) is 2.66. The van der Waals surface area contributed by atoms with Gasteiger partial charge in [0.2, 0.25) is 0 Å². The van der Waals surface area contributed by atoms with Crippen molar-refractivity contribution in [1.29, 1.82) is 0 Å². The van der Waals surface area contributed by atoms with E-state index in [2.05, 4.69) is 11.8 Å². The molecule has 0 radical (unpaired) electrons. The predicted octanol–water partition coefficient (Wildman–Crippen LogP) is 3.08. The van der Waals surface area contributed by atoms with Crippen LogP contribution >= 0.6 is 12.2 Å². The van der Waals surface area contributed by atoms with Crippen LogP contribution in [-0.4, -0.2) is 23.0 Å². The van der Waals surface area contributed by atoms with E-state index in [1.807, 2.05) is 0 Å². The first-order chi connectivity index (χ1) is 9.10. The van der Waals surface area contributed by atoms with E-state index < -0.39 is 0 Å². The lowest BCUT2D eigenvalue weighted by Crippen LogP contribution is -2.27. The van der Waals surface area contributed by atoms with Crippen molar-refractivity contribution in [2.24, 2.45) is 11.7 Å². The fourth-order valence-electron chi connectivity index (χ4n) is 2.31. The summed E-state index contributed by atoms with van der Waals surface area (Å²) < 4.78 is 13.9. The minimum Gasteiger partial charge on any atom is -0.389 e. The average molecular weight is 280 g/mol. The van der Waals surface area contributed by atoms with E-state index >= 15 is 0 Å². The van der Waals surface area contributed by atoms with Crippen LogP contribution in [0, 0.1) is 11.7 Å². The molecular weight excluding hydrogens is 259 g/mol. The highest BCUT2D eigenvalue weighted by molar-refractivity contribution is 7.80. The molecule has 104 valence electrons. The molecule has 2 nitrogen and oxygen atoms in total. The Morgan fingerprint density at radius 1 is 1.47 bits per heavy atom. The van der Waals surface area contributed by atoms with E-state index in [-0.39, 0.29) is 5.82 Å². The van der Waals surface area contributed by atoms with Crippen molar-refractivity contribution in [2.75, 3.05) is 13.1 Å². The summed E-state index contributed by atoms with van der Waals surface area (Å²) in [5.74, 6) is 0.644. The molecule has 0 spiro atoms. The lowest BCUT2D eigenvalue weighted by Gasteiger charge is -2.22. The second kappa shape index (κ2) is 6.44. The number of nitrogens with zero attached hydrogens (tertiary/aromatic N) is 1. The van der Waals surface area contributed by atoms with Crippen molar-refractivity contribution in [3.63, 3.8) is 0 Å². The molecule has 0 aromatic heterocycles. The van der Waals surface area contributed by atoms with Crippen LogP contribution in [0.3, 0.4) is 0 Å². The first-order valence-electron chi connectivity index (χ1n) is 6.90. The van der Waals surface area contributed by atoms with Gasteiger partial charge >= 0.3 is 0 Å². The van der Waals surface area contributed by atoms with Gasteiger partial charge in [-0.25, -0.2) is 4.39 Å². The largest absolute Gasteiger partial charge is 0.389 e. The molecule has 1 aliphatic carbocycles. The van der Waals surface area contributed by atoms with Gasteiger partial charge in [0.15, 0.2) is 0 Å². The highest BCUT2D eigenvalue weighted by Gasteiger charge is 2.24. The summed E-state index contributed by atoms with van der Waals surface area (Å²) in [6.45, 7) is 4.88. The molecule has 0 heterocycles. The molecule has 19 heavy (non-hydrogen) atoms. The van der Waals surface area contributed by atoms with Crippen LogP contribution < -0.4 is 5.73 Å². The zero-order chi connectivity index (χ0) is 13.8. The van der Waals surface area contributed by atoms with Gasteiger partial charge in [-0.2, -0.15) is 0 Å². The highest BCUT2D eigenvalue weighted by atomic mass is 32.1. The van der Waals surface area contributed by atoms with Crippen molar-refractivity contribution in [2.45, 2.75) is 32.7 Å². The fraction of sp³-hybridized carbons (Fsp3) is 0.533. The molecule has 1 fully saturated rings. The number of thiocarbonyl (C=S) groups is 1. The van der Waals surface area contributed by atoms with Crippen LogP contribution in [0.25, 0.3) is 0 Å². The third-order valence-electron chi connectivity index (χ3n) is 3.48. The van der Waals surface area contributed by atoms with Crippen LogP contribution in [-0.2, 0) is 6.54 Å². The molecule has 1 saturated carbocycles. The van der Waals surface area contributed by atoms with Gasteiger partial charge in [0.1, 0.15) is 10.8 Å². The second-order valence-electron chi connectivity index (χ2n) is 5.35. The van der Waals surface area contributed by atoms with E-state index in [0.717, 1.165) is 31.0 Å². The molecule has 1 aliphatic rings. The summed E-state index contributed by atoms with van der Waals surface area (Å²) in [6.07, 6.45) is 3.72. The quantitative estimate of drug-likeness (QED) is 0.778. The van der Waals surface area contributed by atoms with E-state index in [1.54, 1.807) is 12.1 Å². The summed E-state index contributed by atoms with van der Waals surface area (Å²) in [5, 5.41) is 0. The maximum atomic E-state index is 13.9. The lowest BCUT2D eigenvalue weighted by molar-refractivity contribution is 0.251. The first kappa shape index (κ1) is 14.4. The number of nitrogens with two attached hydrogens (primary N) is 1. The van der Waals surface area contributed by atoms with Crippen LogP contribution in [0.4, 0.5) is 4.39 Å². The summed E-state index contributed by atoms with van der Waals surface area (Å²) >= 11 is 4.95. The van der Waals surface area contributed by atoms with Gasteiger partial charge in [0.25, 0.3) is 0 Å². The van der Waals surface area contributed by atoms with Crippen molar-refractivity contribution >= 4 is 17.2 Å². The molecule has 1 aromatic carbocycles. The van der Waals surface area contributed by atoms with E-state index in [4.69, 9.17) is 18.0 Å². The van der Waals surface area contributed by atoms with E-state index in [1.165, 1.54) is 18.9 Å². The summed E-state index contributed by atoms with van der Waals surface area (Å²) in [6, 6.07) is 4.89. The normalized spacial score (nSPS) is 14.9. The SMILES string of the molecule is CCCN(Cc1cc(C(N)=S)ccc1F)CC1CC1. The Bertz CT molecular complexity index is 457. The monoisotopic (exact) mass is 280 g/mol. The topological polar surface area (TPSA) is 29.3 Å². The van der Waals surface area contributed by atoms with Gasteiger partial charge in [-0.05, 0) is 49.9 Å². The minimum absolute atomic E-state index is 0.170. The number of hydrogen-bond acceptors (Lipinski definition) is 2. The number of hydrogen-bond donors (Lipinski definition) is 1. The Kier molecular flexibility index (Phi) is 4.88. The van der Waals surface area contributed by atoms with E-state index in [9.17, 15) is 4.39 Å². The molecule has 0 atom stereocenters. The van der Waals surface area contributed by atoms with Crippen LogP contribution in [0.5, 0.6) is 0 Å². The standard InChI is InChI=1S/C15H21FN2S/c1-2-7-18(9-11-3-4-11)10-13-8-12(15(17)19)5-6-14(13)16/h5-6,8,11H,2-4,7,9-10H2,1H3,(H2,17,19). The molecule has 0 unspecified atom stereocenters. The molecule has 4 heteroatoms. The summed E-state index contributed by atoms with van der Waals surface area (Å²) in [7, 11) is 0. The van der Waals surface area contributed by atoms with Crippen LogP contribution in [0.1, 0.15) is 37.3 Å². The Balaban J connectivity index is 2.09. The Morgan fingerprint density at radius 3 is 2.79 bits per heavy atom. The van der Waals surface area contributed by atoms with Gasteiger partial charge in [0.05, 0.1) is 0 Å². The minimum atomic E-state index is -0.170. The fourth-order valence-corrected chi connectivity index (χ4v) is 2.43. The molecule has 2 N–H and O–H groups in total. The average Bonchev–Trinajstić information content (AvgIpc) is 3.16. The van der Waals surface area contributed by atoms with Gasteiger partial charge in [-0.3, -0.25) is 4.90 Å². The Hall–Kier alpha value is -1.00. The van der Waals surface area contributed by atoms with Crippen molar-refractivity contribution in [3.05, 3.63) is 35.1 Å². The van der Waals surface area contributed by atoms with Gasteiger partial charge < -0.3 is 5.73 Å². The number of rotatable bonds is 7. The Labute approximate surface area is 119 Å². The lowest BCUT2D eigenvalue weighted by atomic mass is 10.1. The summed E-state index contributed by atoms with van der Waals surface area (Å²) in [5.41, 5.74) is 7.05. The zero-order valence-corrected chi connectivity index (χ0v) is 12.2. The smallest absolute Gasteiger partial charge is 0.127 e. The van der Waals surface area contributed by atoms with Crippen molar-refractivity contribution < 1.29 is 4.39 Å². The molecule has 0 bridgehead atoms. The van der Waals surface area contributed by atoms with Gasteiger partial charge in [0, 0.05) is 24.2 Å². The zero-order valence-electron chi connectivity index (χ0n) is 11.4. The molecule has 0 amide bonds. The predicted molar refractivity (Wildman–Crippen MR) is 80.6 cm³/mol. The molecule has 2 rings (SSSR count). The molecule has 0 saturated heterocycles. The third kappa shape index (κ3) is 4.25. The maximum absolute atomic E-state index is 13.9. The van der Waals surface area contributed by atoms with E-state index in [0.29, 0.717) is 17.1 Å². The first-order valence-corrected chi connectivity index (χ1v) is 7.31. The molecule has 0 aliphatic heterocycles. The highest BCUT2D eigenvalue weighted by Crippen LogP contribution is 2.30. The second-order valence-corrected chi connectivity index (χ2v) is 5.79. The maximum Gasteiger partial charge on any atom is 0.127 e. The van der Waals surface area contributed by atoms with Crippen LogP contribution in [0.2, 0.25) is 0 Å². The molecular formula is C15H21FN2S. The number of benzene rings is 1. The van der Waals surface area contributed by atoms with Gasteiger partial charge in [-0.1, -0.05) is 19.1 Å². The van der Waals surface area contributed by atoms with Crippen LogP contribution in [0.15, 0.2) is 18.2 Å². The van der Waals surface area contributed by atoms with Crippen molar-refractivity contribution in [1.82, 2.24) is 4.90 Å². The van der Waals surface area contributed by atoms with Gasteiger partial charge in [-0.15, -0.1) is 0 Å². The van der Waals surface area contributed by atoms with Crippen molar-refractivity contribution in [3.8, 4) is 0 Å². The molecule has 1 aromatic rings. The Morgan fingerprint density at radius 2 is 2.21 bits per heavy atom. The number of halogens is 1. The third-order valence-corrected chi connectivity index (χ3v) is 3.71.